The topological polar surface area (TPSA) is 24.5 Å². The fourth-order valence-corrected chi connectivity index (χ4v) is 3.85. The maximum atomic E-state index is 12.9. The van der Waals surface area contributed by atoms with Crippen LogP contribution in [0.3, 0.4) is 0 Å². The number of hydrogen-bond acceptors (Lipinski definition) is 2. The molecule has 29 heavy (non-hydrogen) atoms. The molecule has 1 aliphatic heterocycles. The number of hydrogen-bond donors (Lipinski definition) is 1. The van der Waals surface area contributed by atoms with Crippen LogP contribution in [0.15, 0.2) is 42.5 Å². The summed E-state index contributed by atoms with van der Waals surface area (Å²) in [5, 5.41) is 3.57. The van der Waals surface area contributed by atoms with Crippen LogP contribution in [0.1, 0.15) is 24.0 Å². The molecule has 0 aliphatic carbocycles. The SMILES string of the molecule is FC(F)(F)c1ccc(NC(=S)N(Cc2ccccc2Cl)C[C@H]2CCCO2)cc1Cl. The predicted molar refractivity (Wildman–Crippen MR) is 114 cm³/mol. The molecule has 0 saturated carbocycles. The van der Waals surface area contributed by atoms with Gasteiger partial charge < -0.3 is 15.0 Å². The summed E-state index contributed by atoms with van der Waals surface area (Å²) < 4.78 is 44.5. The number of thiocarbonyl (C=S) groups is 1. The summed E-state index contributed by atoms with van der Waals surface area (Å²) in [6, 6.07) is 10.9. The Morgan fingerprint density at radius 1 is 1.17 bits per heavy atom. The highest BCUT2D eigenvalue weighted by molar-refractivity contribution is 7.80. The van der Waals surface area contributed by atoms with Gasteiger partial charge in [0, 0.05) is 30.4 Å². The first-order chi connectivity index (χ1) is 13.7. The van der Waals surface area contributed by atoms with Crippen LogP contribution in [0.4, 0.5) is 18.9 Å². The standard InChI is InChI=1S/C20H19Cl2F3N2OS/c21-17-6-2-1-4-13(17)11-27(12-15-5-3-9-28-15)19(29)26-14-7-8-16(18(22)10-14)20(23,24)25/h1-2,4,6-8,10,15H,3,5,9,11-12H2,(H,26,29)/t15-/m1/s1. The lowest BCUT2D eigenvalue weighted by Crippen LogP contribution is -2.39. The molecule has 0 spiro atoms. The van der Waals surface area contributed by atoms with E-state index in [1.54, 1.807) is 6.07 Å². The van der Waals surface area contributed by atoms with Gasteiger partial charge in [-0.15, -0.1) is 0 Å². The third kappa shape index (κ3) is 5.98. The molecule has 156 valence electrons. The summed E-state index contributed by atoms with van der Waals surface area (Å²) >= 11 is 17.6. The second-order valence-electron chi connectivity index (χ2n) is 6.73. The van der Waals surface area contributed by atoms with Gasteiger partial charge in [0.25, 0.3) is 0 Å². The van der Waals surface area contributed by atoms with Crippen LogP contribution in [-0.2, 0) is 17.5 Å². The van der Waals surface area contributed by atoms with Crippen LogP contribution < -0.4 is 5.32 Å². The largest absolute Gasteiger partial charge is 0.417 e. The average Bonchev–Trinajstić information content (AvgIpc) is 3.15. The molecule has 1 atom stereocenters. The molecule has 2 aromatic rings. The minimum absolute atomic E-state index is 0.0356. The van der Waals surface area contributed by atoms with E-state index >= 15 is 0 Å². The first-order valence-corrected chi connectivity index (χ1v) is 10.2. The molecule has 1 aliphatic rings. The summed E-state index contributed by atoms with van der Waals surface area (Å²) in [7, 11) is 0. The number of rotatable bonds is 5. The first kappa shape index (κ1) is 22.2. The molecule has 3 rings (SSSR count). The Balaban J connectivity index is 1.77. The van der Waals surface area contributed by atoms with Crippen molar-refractivity contribution in [2.75, 3.05) is 18.5 Å². The van der Waals surface area contributed by atoms with Crippen molar-refractivity contribution in [3.05, 3.63) is 63.6 Å². The number of benzene rings is 2. The van der Waals surface area contributed by atoms with Gasteiger partial charge in [0.05, 0.1) is 16.7 Å². The van der Waals surface area contributed by atoms with Crippen molar-refractivity contribution in [3.8, 4) is 0 Å². The molecule has 1 N–H and O–H groups in total. The quantitative estimate of drug-likeness (QED) is 0.520. The molecule has 0 unspecified atom stereocenters. The molecule has 9 heteroatoms. The van der Waals surface area contributed by atoms with Gasteiger partial charge in [-0.3, -0.25) is 0 Å². The van der Waals surface area contributed by atoms with E-state index in [1.165, 1.54) is 12.1 Å². The summed E-state index contributed by atoms with van der Waals surface area (Å²) in [4.78, 5) is 1.90. The summed E-state index contributed by atoms with van der Waals surface area (Å²) in [6.07, 6.45) is -2.56. The molecule has 1 fully saturated rings. The molecule has 1 saturated heterocycles. The van der Waals surface area contributed by atoms with Crippen molar-refractivity contribution >= 4 is 46.2 Å². The third-order valence-electron chi connectivity index (χ3n) is 4.58. The Hall–Kier alpha value is -1.54. The Bertz CT molecular complexity index is 873. The number of alkyl halides is 3. The van der Waals surface area contributed by atoms with Crippen LogP contribution in [-0.4, -0.2) is 29.3 Å². The second kappa shape index (κ2) is 9.51. The number of nitrogens with one attached hydrogen (secondary N) is 1. The van der Waals surface area contributed by atoms with E-state index in [1.807, 2.05) is 23.1 Å². The number of anilines is 1. The van der Waals surface area contributed by atoms with Gasteiger partial charge >= 0.3 is 6.18 Å². The predicted octanol–water partition coefficient (Wildman–Crippen LogP) is 6.39. The van der Waals surface area contributed by atoms with Crippen LogP contribution in [0.5, 0.6) is 0 Å². The molecule has 1 heterocycles. The van der Waals surface area contributed by atoms with Crippen molar-refractivity contribution in [1.29, 1.82) is 0 Å². The van der Waals surface area contributed by atoms with E-state index in [0.29, 0.717) is 35.5 Å². The van der Waals surface area contributed by atoms with Crippen LogP contribution in [0.25, 0.3) is 0 Å². The molecule has 0 aromatic heterocycles. The van der Waals surface area contributed by atoms with Gasteiger partial charge in [-0.05, 0) is 54.9 Å². The zero-order chi connectivity index (χ0) is 21.0. The molecule has 2 aromatic carbocycles. The molecule has 3 nitrogen and oxygen atoms in total. The highest BCUT2D eigenvalue weighted by Crippen LogP contribution is 2.36. The van der Waals surface area contributed by atoms with Crippen LogP contribution in [0.2, 0.25) is 10.0 Å². The molecular formula is C20H19Cl2F3N2OS. The molecule has 0 amide bonds. The Labute approximate surface area is 182 Å². The van der Waals surface area contributed by atoms with Gasteiger partial charge in [-0.25, -0.2) is 0 Å². The zero-order valence-electron chi connectivity index (χ0n) is 15.3. The number of nitrogens with zero attached hydrogens (tertiary/aromatic N) is 1. The lowest BCUT2D eigenvalue weighted by molar-refractivity contribution is -0.137. The van der Waals surface area contributed by atoms with E-state index in [9.17, 15) is 13.2 Å². The summed E-state index contributed by atoms with van der Waals surface area (Å²) in [5.74, 6) is 0. The highest BCUT2D eigenvalue weighted by Gasteiger charge is 2.33. The zero-order valence-corrected chi connectivity index (χ0v) is 17.6. The summed E-state index contributed by atoms with van der Waals surface area (Å²) in [6.45, 7) is 1.70. The summed E-state index contributed by atoms with van der Waals surface area (Å²) in [5.41, 5.74) is 0.383. The minimum Gasteiger partial charge on any atom is -0.376 e. The van der Waals surface area contributed by atoms with Crippen molar-refractivity contribution in [2.45, 2.75) is 31.7 Å². The molecular weight excluding hydrogens is 444 g/mol. The van der Waals surface area contributed by atoms with Crippen molar-refractivity contribution in [1.82, 2.24) is 4.90 Å². The van der Waals surface area contributed by atoms with Crippen LogP contribution in [0, 0.1) is 0 Å². The molecule has 0 bridgehead atoms. The lowest BCUT2D eigenvalue weighted by atomic mass is 10.2. The fraction of sp³-hybridized carbons (Fsp3) is 0.350. The average molecular weight is 463 g/mol. The Morgan fingerprint density at radius 2 is 1.93 bits per heavy atom. The monoisotopic (exact) mass is 462 g/mol. The van der Waals surface area contributed by atoms with Crippen molar-refractivity contribution < 1.29 is 17.9 Å². The first-order valence-electron chi connectivity index (χ1n) is 9.01. The van der Waals surface area contributed by atoms with E-state index in [-0.39, 0.29) is 11.1 Å². The highest BCUT2D eigenvalue weighted by atomic mass is 35.5. The second-order valence-corrected chi connectivity index (χ2v) is 7.93. The van der Waals surface area contributed by atoms with Crippen LogP contribution >= 0.6 is 35.4 Å². The fourth-order valence-electron chi connectivity index (χ4n) is 3.11. The van der Waals surface area contributed by atoms with Crippen molar-refractivity contribution in [3.63, 3.8) is 0 Å². The van der Waals surface area contributed by atoms with E-state index in [4.69, 9.17) is 40.2 Å². The maximum Gasteiger partial charge on any atom is 0.417 e. The van der Waals surface area contributed by atoms with Gasteiger partial charge in [-0.2, -0.15) is 13.2 Å². The van der Waals surface area contributed by atoms with E-state index < -0.39 is 11.7 Å². The number of ether oxygens (including phenoxy) is 1. The van der Waals surface area contributed by atoms with E-state index in [2.05, 4.69) is 5.32 Å². The Kier molecular flexibility index (Phi) is 7.27. The third-order valence-corrected chi connectivity index (χ3v) is 5.62. The lowest BCUT2D eigenvalue weighted by Gasteiger charge is -2.29. The normalized spacial score (nSPS) is 16.7. The number of halogens is 5. The Morgan fingerprint density at radius 3 is 2.55 bits per heavy atom. The van der Waals surface area contributed by atoms with Gasteiger partial charge in [0.1, 0.15) is 0 Å². The smallest absolute Gasteiger partial charge is 0.376 e. The molecule has 0 radical (unpaired) electrons. The van der Waals surface area contributed by atoms with Gasteiger partial charge in [0.2, 0.25) is 0 Å². The maximum absolute atomic E-state index is 12.9. The minimum atomic E-state index is -4.51. The van der Waals surface area contributed by atoms with E-state index in [0.717, 1.165) is 24.5 Å². The van der Waals surface area contributed by atoms with Gasteiger partial charge in [0.15, 0.2) is 5.11 Å². The van der Waals surface area contributed by atoms with Gasteiger partial charge in [-0.1, -0.05) is 41.4 Å². The van der Waals surface area contributed by atoms with Crippen molar-refractivity contribution in [2.24, 2.45) is 0 Å².